The van der Waals surface area contributed by atoms with Gasteiger partial charge in [0.05, 0.1) is 27.6 Å². The topological polar surface area (TPSA) is 45.8 Å². The first-order chi connectivity index (χ1) is 16.1. The molecule has 5 rings (SSSR count). The Kier molecular flexibility index (Phi) is 6.73. The van der Waals surface area contributed by atoms with Crippen molar-refractivity contribution in [2.45, 2.75) is 15.6 Å². The molecule has 8 heteroatoms. The number of hydrogen-bond donors (Lipinski definition) is 0. The summed E-state index contributed by atoms with van der Waals surface area (Å²) in [6.45, 7) is 0.337. The second kappa shape index (κ2) is 10.1. The van der Waals surface area contributed by atoms with Crippen LogP contribution in [0.5, 0.6) is 0 Å². The van der Waals surface area contributed by atoms with Crippen molar-refractivity contribution in [3.05, 3.63) is 106 Å². The fourth-order valence-electron chi connectivity index (χ4n) is 3.12. The van der Waals surface area contributed by atoms with Gasteiger partial charge in [-0.1, -0.05) is 41.6 Å². The van der Waals surface area contributed by atoms with Gasteiger partial charge in [0.2, 0.25) is 0 Å². The molecule has 0 atom stereocenters. The predicted octanol–water partition coefficient (Wildman–Crippen LogP) is 7.95. The first-order valence-electron chi connectivity index (χ1n) is 10.0. The maximum atomic E-state index is 13.3. The summed E-state index contributed by atoms with van der Waals surface area (Å²) in [5.41, 5.74) is 0.802. The molecule has 164 valence electrons. The molecular formula is C25H17ClN2O2S3. The number of aliphatic imine (C=N–C) groups is 1. The lowest BCUT2D eigenvalue weighted by Gasteiger charge is -2.13. The van der Waals surface area contributed by atoms with Crippen LogP contribution in [0.1, 0.15) is 10.6 Å². The van der Waals surface area contributed by atoms with E-state index in [-0.39, 0.29) is 5.91 Å². The summed E-state index contributed by atoms with van der Waals surface area (Å²) in [6, 6.07) is 25.2. The van der Waals surface area contributed by atoms with Crippen LogP contribution in [0.15, 0.2) is 109 Å². The van der Waals surface area contributed by atoms with Crippen molar-refractivity contribution in [1.82, 2.24) is 4.90 Å². The van der Waals surface area contributed by atoms with Crippen molar-refractivity contribution < 1.29 is 9.21 Å². The zero-order valence-corrected chi connectivity index (χ0v) is 20.4. The maximum absolute atomic E-state index is 13.3. The highest BCUT2D eigenvalue weighted by atomic mass is 35.5. The molecule has 4 nitrogen and oxygen atoms in total. The predicted molar refractivity (Wildman–Crippen MR) is 138 cm³/mol. The zero-order valence-electron chi connectivity index (χ0n) is 17.2. The molecule has 2 aromatic heterocycles. The number of thioether (sulfide) groups is 1. The van der Waals surface area contributed by atoms with Gasteiger partial charge in [0.1, 0.15) is 5.76 Å². The number of nitrogens with zero attached hydrogens (tertiary/aromatic N) is 2. The van der Waals surface area contributed by atoms with Gasteiger partial charge < -0.3 is 4.42 Å². The van der Waals surface area contributed by atoms with Crippen LogP contribution in [-0.4, -0.2) is 16.0 Å². The molecule has 2 aromatic carbocycles. The number of furan rings is 1. The number of carbonyl (C=O) groups is 1. The molecule has 0 unspecified atom stereocenters. The molecule has 0 N–H and O–H groups in total. The Morgan fingerprint density at radius 1 is 1.00 bits per heavy atom. The molecule has 3 heterocycles. The first kappa shape index (κ1) is 22.1. The fraction of sp³-hybridized carbons (Fsp3) is 0.0400. The Bertz CT molecular complexity index is 1310. The number of carbonyl (C=O) groups excluding carboxylic acids is 1. The minimum Gasteiger partial charge on any atom is -0.467 e. The van der Waals surface area contributed by atoms with Crippen LogP contribution >= 0.6 is 46.5 Å². The average molecular weight is 509 g/mol. The van der Waals surface area contributed by atoms with Crippen LogP contribution in [0.3, 0.4) is 0 Å². The molecule has 0 spiro atoms. The molecule has 4 aromatic rings. The average Bonchev–Trinajstić information content (AvgIpc) is 3.56. The number of amidine groups is 1. The van der Waals surface area contributed by atoms with E-state index in [2.05, 4.69) is 6.07 Å². The zero-order chi connectivity index (χ0) is 22.6. The van der Waals surface area contributed by atoms with Crippen molar-refractivity contribution >= 4 is 69.3 Å². The van der Waals surface area contributed by atoms with Crippen molar-refractivity contribution in [3.8, 4) is 0 Å². The molecule has 33 heavy (non-hydrogen) atoms. The molecule has 1 aliphatic heterocycles. The number of benzene rings is 2. The Balaban J connectivity index is 1.39. The third kappa shape index (κ3) is 5.45. The lowest BCUT2D eigenvalue weighted by Crippen LogP contribution is -2.28. The summed E-state index contributed by atoms with van der Waals surface area (Å²) in [7, 11) is 0. The van der Waals surface area contributed by atoms with E-state index < -0.39 is 0 Å². The highest BCUT2D eigenvalue weighted by Gasteiger charge is 2.34. The van der Waals surface area contributed by atoms with Gasteiger partial charge in [-0.05, 0) is 78.5 Å². The summed E-state index contributed by atoms with van der Waals surface area (Å²) in [5.74, 6) is 0.634. The van der Waals surface area contributed by atoms with Crippen molar-refractivity contribution in [1.29, 1.82) is 0 Å². The maximum Gasteiger partial charge on any atom is 0.267 e. The van der Waals surface area contributed by atoms with Crippen LogP contribution < -0.4 is 0 Å². The molecule has 1 aliphatic rings. The molecule has 0 saturated carbocycles. The van der Waals surface area contributed by atoms with E-state index >= 15 is 0 Å². The minimum absolute atomic E-state index is 0.0774. The smallest absolute Gasteiger partial charge is 0.267 e. The standard InChI is InChI=1S/C25H17ClN2O2S3/c26-17-8-10-20(11-9-17)31-23-13-12-21(32-23)15-22-24(29)28(16-19-7-4-14-30-19)25(33-22)27-18-5-2-1-3-6-18/h1-15H,16H2/b22-15-,27-25?. The van der Waals surface area contributed by atoms with Gasteiger partial charge in [0, 0.05) is 14.8 Å². The van der Waals surface area contributed by atoms with Crippen LogP contribution in [0.2, 0.25) is 5.02 Å². The quantitative estimate of drug-likeness (QED) is 0.248. The Morgan fingerprint density at radius 3 is 2.58 bits per heavy atom. The summed E-state index contributed by atoms with van der Waals surface area (Å²) >= 11 is 10.7. The second-order valence-electron chi connectivity index (χ2n) is 7.02. The highest BCUT2D eigenvalue weighted by molar-refractivity contribution is 8.18. The van der Waals surface area contributed by atoms with Crippen LogP contribution in [0.25, 0.3) is 6.08 Å². The lowest BCUT2D eigenvalue weighted by atomic mass is 10.3. The van der Waals surface area contributed by atoms with Crippen molar-refractivity contribution in [3.63, 3.8) is 0 Å². The van der Waals surface area contributed by atoms with E-state index in [9.17, 15) is 4.79 Å². The lowest BCUT2D eigenvalue weighted by molar-refractivity contribution is -0.122. The summed E-state index contributed by atoms with van der Waals surface area (Å²) < 4.78 is 6.62. The van der Waals surface area contributed by atoms with Gasteiger partial charge in [0.25, 0.3) is 5.91 Å². The Labute approximate surface area is 209 Å². The van der Waals surface area contributed by atoms with Gasteiger partial charge in [0.15, 0.2) is 5.17 Å². The van der Waals surface area contributed by atoms with E-state index in [0.29, 0.717) is 22.4 Å². The second-order valence-corrected chi connectivity index (χ2v) is 11.0. The van der Waals surface area contributed by atoms with E-state index in [1.165, 1.54) is 11.8 Å². The van der Waals surface area contributed by atoms with Crippen LogP contribution in [-0.2, 0) is 11.3 Å². The molecule has 1 amide bonds. The molecule has 0 aliphatic carbocycles. The number of thiophene rings is 1. The third-order valence-corrected chi connectivity index (χ3v) is 8.10. The number of amides is 1. The molecule has 1 fully saturated rings. The fourth-order valence-corrected chi connectivity index (χ4v) is 6.37. The van der Waals surface area contributed by atoms with Crippen LogP contribution in [0.4, 0.5) is 5.69 Å². The number of rotatable bonds is 6. The molecule has 0 bridgehead atoms. The van der Waals surface area contributed by atoms with Gasteiger partial charge in [-0.2, -0.15) is 0 Å². The largest absolute Gasteiger partial charge is 0.467 e. The Hall–Kier alpha value is -2.71. The first-order valence-corrected chi connectivity index (χ1v) is 12.9. The normalized spacial score (nSPS) is 16.3. The number of para-hydroxylation sites is 1. The van der Waals surface area contributed by atoms with E-state index in [4.69, 9.17) is 21.0 Å². The number of halogens is 1. The monoisotopic (exact) mass is 508 g/mol. The summed E-state index contributed by atoms with van der Waals surface area (Å²) in [4.78, 5) is 22.4. The SMILES string of the molecule is O=C1/C(=C/c2ccc(Sc3ccc(Cl)cc3)s2)SC(=Nc2ccccc2)N1Cc1ccco1. The van der Waals surface area contributed by atoms with E-state index in [1.54, 1.807) is 34.3 Å². The molecular weight excluding hydrogens is 492 g/mol. The molecule has 1 saturated heterocycles. The van der Waals surface area contributed by atoms with E-state index in [1.807, 2.05) is 78.9 Å². The van der Waals surface area contributed by atoms with Gasteiger partial charge in [-0.25, -0.2) is 4.99 Å². The van der Waals surface area contributed by atoms with Gasteiger partial charge >= 0.3 is 0 Å². The van der Waals surface area contributed by atoms with Gasteiger partial charge in [-0.15, -0.1) is 11.3 Å². The number of hydrogen-bond acceptors (Lipinski definition) is 6. The highest BCUT2D eigenvalue weighted by Crippen LogP contribution is 2.38. The Morgan fingerprint density at radius 2 is 1.82 bits per heavy atom. The van der Waals surface area contributed by atoms with Crippen molar-refractivity contribution in [2.24, 2.45) is 4.99 Å². The third-order valence-electron chi connectivity index (χ3n) is 4.67. The summed E-state index contributed by atoms with van der Waals surface area (Å²) in [5, 5.41) is 1.36. The molecule has 0 radical (unpaired) electrons. The minimum atomic E-state index is -0.0774. The van der Waals surface area contributed by atoms with E-state index in [0.717, 1.165) is 24.7 Å². The van der Waals surface area contributed by atoms with Crippen molar-refractivity contribution in [2.75, 3.05) is 0 Å². The van der Waals surface area contributed by atoms with Crippen LogP contribution in [0, 0.1) is 0 Å². The summed E-state index contributed by atoms with van der Waals surface area (Å²) in [6.07, 6.45) is 3.55. The van der Waals surface area contributed by atoms with Gasteiger partial charge in [-0.3, -0.25) is 9.69 Å².